The molecule has 1 aliphatic rings. The summed E-state index contributed by atoms with van der Waals surface area (Å²) in [7, 11) is 0. The summed E-state index contributed by atoms with van der Waals surface area (Å²) in [5, 5.41) is 9.45. The Morgan fingerprint density at radius 3 is 2.67 bits per heavy atom. The van der Waals surface area contributed by atoms with E-state index in [4.69, 9.17) is 33.0 Å². The molecule has 1 unspecified atom stereocenters. The summed E-state index contributed by atoms with van der Waals surface area (Å²) in [6, 6.07) is 4.88. The van der Waals surface area contributed by atoms with Gasteiger partial charge in [0.1, 0.15) is 17.3 Å². The molecule has 1 aliphatic carbocycles. The number of carbonyl (C=O) groups is 2. The summed E-state index contributed by atoms with van der Waals surface area (Å²) in [5.41, 5.74) is 0. The minimum Gasteiger partial charge on any atom is -0.480 e. The molecule has 0 radical (unpaired) electrons. The summed E-state index contributed by atoms with van der Waals surface area (Å²) in [6.45, 7) is 1.25. The average molecular weight is 332 g/mol. The van der Waals surface area contributed by atoms with E-state index < -0.39 is 12.1 Å². The zero-order chi connectivity index (χ0) is 15.6. The molecule has 1 saturated carbocycles. The molecule has 2 rings (SSSR count). The fourth-order valence-electron chi connectivity index (χ4n) is 1.97. The molecule has 0 aromatic heterocycles. The lowest BCUT2D eigenvalue weighted by atomic mass is 10.3. The van der Waals surface area contributed by atoms with Crippen molar-refractivity contribution in [1.82, 2.24) is 4.90 Å². The molecule has 7 heteroatoms. The van der Waals surface area contributed by atoms with Crippen LogP contribution in [0.4, 0.5) is 0 Å². The fourth-order valence-corrected chi connectivity index (χ4v) is 2.30. The number of rotatable bonds is 6. The summed E-state index contributed by atoms with van der Waals surface area (Å²) >= 11 is 11.9. The molecule has 1 fully saturated rings. The van der Waals surface area contributed by atoms with E-state index in [1.165, 1.54) is 4.90 Å². The zero-order valence-electron chi connectivity index (χ0n) is 11.4. The van der Waals surface area contributed by atoms with Crippen molar-refractivity contribution in [2.75, 3.05) is 6.54 Å². The van der Waals surface area contributed by atoms with Crippen molar-refractivity contribution in [3.8, 4) is 5.75 Å². The molecule has 5 nitrogen and oxygen atoms in total. The number of hydrogen-bond donors (Lipinski definition) is 1. The molecule has 1 atom stereocenters. The minimum absolute atomic E-state index is 0.00511. The van der Waals surface area contributed by atoms with Crippen molar-refractivity contribution in [2.45, 2.75) is 31.9 Å². The van der Waals surface area contributed by atoms with Gasteiger partial charge in [0.15, 0.2) is 6.10 Å². The highest BCUT2D eigenvalue weighted by atomic mass is 35.5. The van der Waals surface area contributed by atoms with Gasteiger partial charge in [0.05, 0.1) is 5.02 Å². The van der Waals surface area contributed by atoms with Crippen molar-refractivity contribution in [3.05, 3.63) is 28.2 Å². The van der Waals surface area contributed by atoms with Gasteiger partial charge in [-0.05, 0) is 31.9 Å². The Morgan fingerprint density at radius 2 is 2.10 bits per heavy atom. The lowest BCUT2D eigenvalue weighted by Crippen LogP contribution is -2.44. The highest BCUT2D eigenvalue weighted by Crippen LogP contribution is 2.33. The summed E-state index contributed by atoms with van der Waals surface area (Å²) in [6.07, 6.45) is 0.814. The monoisotopic (exact) mass is 331 g/mol. The highest BCUT2D eigenvalue weighted by molar-refractivity contribution is 6.42. The first-order chi connectivity index (χ1) is 9.90. The summed E-state index contributed by atoms with van der Waals surface area (Å²) < 4.78 is 5.53. The number of ether oxygens (including phenoxy) is 1. The normalized spacial score (nSPS) is 15.4. The van der Waals surface area contributed by atoms with Crippen molar-refractivity contribution in [3.63, 3.8) is 0 Å². The smallest absolute Gasteiger partial charge is 0.323 e. The van der Waals surface area contributed by atoms with Crippen molar-refractivity contribution in [2.24, 2.45) is 0 Å². The maximum absolute atomic E-state index is 12.3. The number of nitrogens with zero attached hydrogens (tertiary/aromatic N) is 1. The van der Waals surface area contributed by atoms with Gasteiger partial charge in [0, 0.05) is 6.04 Å². The number of hydrogen-bond acceptors (Lipinski definition) is 3. The van der Waals surface area contributed by atoms with Crippen LogP contribution >= 0.6 is 23.2 Å². The largest absolute Gasteiger partial charge is 0.480 e. The Balaban J connectivity index is 2.07. The second-order valence-corrected chi connectivity index (χ2v) is 5.69. The number of carbonyl (C=O) groups excluding carboxylic acids is 1. The Labute approximate surface area is 132 Å². The second kappa shape index (κ2) is 6.54. The van der Waals surface area contributed by atoms with E-state index in [-0.39, 0.29) is 23.5 Å². The van der Waals surface area contributed by atoms with Crippen LogP contribution in [0.15, 0.2) is 18.2 Å². The van der Waals surface area contributed by atoms with Gasteiger partial charge in [-0.15, -0.1) is 0 Å². The van der Waals surface area contributed by atoms with E-state index in [1.54, 1.807) is 25.1 Å². The molecular weight excluding hydrogens is 317 g/mol. The number of aliphatic carboxylic acids is 1. The highest BCUT2D eigenvalue weighted by Gasteiger charge is 2.36. The van der Waals surface area contributed by atoms with Crippen LogP contribution < -0.4 is 4.74 Å². The number of halogens is 2. The Bertz CT molecular complexity index is 560. The van der Waals surface area contributed by atoms with Crippen LogP contribution in [0.3, 0.4) is 0 Å². The van der Waals surface area contributed by atoms with E-state index in [0.717, 1.165) is 12.8 Å². The van der Waals surface area contributed by atoms with E-state index >= 15 is 0 Å². The maximum Gasteiger partial charge on any atom is 0.323 e. The molecule has 21 heavy (non-hydrogen) atoms. The molecule has 114 valence electrons. The van der Waals surface area contributed by atoms with Crippen LogP contribution in [-0.4, -0.2) is 40.6 Å². The molecule has 0 heterocycles. The predicted octanol–water partition coefficient (Wildman–Crippen LogP) is 2.84. The first-order valence-corrected chi connectivity index (χ1v) is 7.28. The van der Waals surface area contributed by atoms with Gasteiger partial charge < -0.3 is 14.7 Å². The van der Waals surface area contributed by atoms with Gasteiger partial charge in [0.25, 0.3) is 5.91 Å². The van der Waals surface area contributed by atoms with Crippen molar-refractivity contribution < 1.29 is 19.4 Å². The SMILES string of the molecule is CC(Oc1cccc(Cl)c1Cl)C(=O)N(CC(=O)O)C1CC1. The predicted molar refractivity (Wildman–Crippen MR) is 78.9 cm³/mol. The first kappa shape index (κ1) is 15.9. The van der Waals surface area contributed by atoms with Crippen LogP contribution in [0.1, 0.15) is 19.8 Å². The number of benzene rings is 1. The van der Waals surface area contributed by atoms with Gasteiger partial charge in [-0.3, -0.25) is 9.59 Å². The van der Waals surface area contributed by atoms with Crippen LogP contribution in [0.2, 0.25) is 10.0 Å². The van der Waals surface area contributed by atoms with E-state index in [1.807, 2.05) is 0 Å². The van der Waals surface area contributed by atoms with Crippen LogP contribution in [0, 0.1) is 0 Å². The lowest BCUT2D eigenvalue weighted by Gasteiger charge is -2.24. The van der Waals surface area contributed by atoms with Crippen molar-refractivity contribution in [1.29, 1.82) is 0 Å². The second-order valence-electron chi connectivity index (χ2n) is 4.90. The van der Waals surface area contributed by atoms with E-state index in [0.29, 0.717) is 10.8 Å². The van der Waals surface area contributed by atoms with E-state index in [2.05, 4.69) is 0 Å². The molecule has 0 saturated heterocycles. The molecule has 1 aromatic carbocycles. The minimum atomic E-state index is -1.04. The first-order valence-electron chi connectivity index (χ1n) is 6.53. The standard InChI is InChI=1S/C14H15Cl2NO4/c1-8(21-11-4-2-3-10(15)13(11)16)14(20)17(7-12(18)19)9-5-6-9/h2-4,8-9H,5-7H2,1H3,(H,18,19). The molecule has 1 amide bonds. The van der Waals surface area contributed by atoms with E-state index in [9.17, 15) is 9.59 Å². The molecule has 1 N–H and O–H groups in total. The molecule has 1 aromatic rings. The van der Waals surface area contributed by atoms with Crippen LogP contribution in [0.25, 0.3) is 0 Å². The van der Waals surface area contributed by atoms with Gasteiger partial charge in [-0.1, -0.05) is 29.3 Å². The topological polar surface area (TPSA) is 66.8 Å². The molecule has 0 bridgehead atoms. The maximum atomic E-state index is 12.3. The van der Waals surface area contributed by atoms with Crippen LogP contribution in [-0.2, 0) is 9.59 Å². The summed E-state index contributed by atoms with van der Waals surface area (Å²) in [4.78, 5) is 24.5. The third-order valence-corrected chi connectivity index (χ3v) is 3.95. The number of carboxylic acid groups (broad SMARTS) is 1. The molecular formula is C14H15Cl2NO4. The Morgan fingerprint density at radius 1 is 1.43 bits per heavy atom. The Hall–Kier alpha value is -1.46. The third-order valence-electron chi connectivity index (χ3n) is 3.14. The zero-order valence-corrected chi connectivity index (χ0v) is 12.9. The average Bonchev–Trinajstić information content (AvgIpc) is 3.24. The Kier molecular flexibility index (Phi) is 4.96. The quantitative estimate of drug-likeness (QED) is 0.870. The molecule has 0 aliphatic heterocycles. The van der Waals surface area contributed by atoms with Gasteiger partial charge in [-0.25, -0.2) is 0 Å². The van der Waals surface area contributed by atoms with Gasteiger partial charge >= 0.3 is 5.97 Å². The number of carboxylic acids is 1. The van der Waals surface area contributed by atoms with Crippen molar-refractivity contribution >= 4 is 35.1 Å². The van der Waals surface area contributed by atoms with Gasteiger partial charge in [0.2, 0.25) is 0 Å². The fraction of sp³-hybridized carbons (Fsp3) is 0.429. The molecule has 0 spiro atoms. The summed E-state index contributed by atoms with van der Waals surface area (Å²) in [5.74, 6) is -1.10. The lowest BCUT2D eigenvalue weighted by molar-refractivity contribution is -0.148. The van der Waals surface area contributed by atoms with Gasteiger partial charge in [-0.2, -0.15) is 0 Å². The number of amides is 1. The third kappa shape index (κ3) is 4.02. The van der Waals surface area contributed by atoms with Crippen LogP contribution in [0.5, 0.6) is 5.75 Å².